The minimum atomic E-state index is -3.74. The maximum atomic E-state index is 12.8. The summed E-state index contributed by atoms with van der Waals surface area (Å²) in [5, 5.41) is 2.31. The van der Waals surface area contributed by atoms with Crippen molar-refractivity contribution in [1.82, 2.24) is 9.29 Å². The molecule has 4 rings (SSSR count). The third kappa shape index (κ3) is 3.61. The summed E-state index contributed by atoms with van der Waals surface area (Å²) in [5.74, 6) is -1.14. The van der Waals surface area contributed by atoms with Gasteiger partial charge in [-0.2, -0.15) is 4.31 Å². The zero-order chi connectivity index (χ0) is 20.6. The molecule has 152 valence electrons. The van der Waals surface area contributed by atoms with E-state index in [9.17, 15) is 18.0 Å². The SMILES string of the molecule is Cc1[nH]c2ccccc2c1C(=O)COC(=O)c1sccc1S(=O)(=O)N1CCCC1. The predicted octanol–water partition coefficient (Wildman–Crippen LogP) is 3.36. The first kappa shape index (κ1) is 19.8. The van der Waals surface area contributed by atoms with Crippen LogP contribution in [0.15, 0.2) is 40.6 Å². The molecule has 7 nitrogen and oxygen atoms in total. The van der Waals surface area contributed by atoms with Gasteiger partial charge < -0.3 is 9.72 Å². The molecule has 0 saturated carbocycles. The number of hydrogen-bond acceptors (Lipinski definition) is 6. The highest BCUT2D eigenvalue weighted by Crippen LogP contribution is 2.28. The van der Waals surface area contributed by atoms with Crippen molar-refractivity contribution in [1.29, 1.82) is 0 Å². The van der Waals surface area contributed by atoms with Crippen LogP contribution in [0.5, 0.6) is 0 Å². The summed E-state index contributed by atoms with van der Waals surface area (Å²) in [6.45, 7) is 2.23. The smallest absolute Gasteiger partial charge is 0.350 e. The number of hydrogen-bond donors (Lipinski definition) is 1. The van der Waals surface area contributed by atoms with E-state index in [1.165, 1.54) is 10.4 Å². The van der Waals surface area contributed by atoms with E-state index in [0.717, 1.165) is 35.1 Å². The highest BCUT2D eigenvalue weighted by Gasteiger charge is 2.32. The van der Waals surface area contributed by atoms with Crippen molar-refractivity contribution in [3.63, 3.8) is 0 Å². The van der Waals surface area contributed by atoms with Gasteiger partial charge in [0.1, 0.15) is 9.77 Å². The van der Waals surface area contributed by atoms with Crippen LogP contribution in [-0.4, -0.2) is 49.2 Å². The number of carbonyl (C=O) groups excluding carboxylic acids is 2. The van der Waals surface area contributed by atoms with E-state index < -0.39 is 22.6 Å². The van der Waals surface area contributed by atoms with Crippen molar-refractivity contribution in [2.75, 3.05) is 19.7 Å². The van der Waals surface area contributed by atoms with E-state index in [2.05, 4.69) is 4.98 Å². The van der Waals surface area contributed by atoms with Gasteiger partial charge in [-0.1, -0.05) is 18.2 Å². The van der Waals surface area contributed by atoms with Crippen molar-refractivity contribution < 1.29 is 22.7 Å². The van der Waals surface area contributed by atoms with Gasteiger partial charge in [0.15, 0.2) is 6.61 Å². The van der Waals surface area contributed by atoms with Crippen LogP contribution >= 0.6 is 11.3 Å². The van der Waals surface area contributed by atoms with Gasteiger partial charge >= 0.3 is 5.97 Å². The van der Waals surface area contributed by atoms with E-state index in [4.69, 9.17) is 4.74 Å². The third-order valence-corrected chi connectivity index (χ3v) is 7.97. The van der Waals surface area contributed by atoms with Crippen LogP contribution < -0.4 is 0 Å². The summed E-state index contributed by atoms with van der Waals surface area (Å²) in [6.07, 6.45) is 1.61. The molecule has 1 aromatic carbocycles. The zero-order valence-electron chi connectivity index (χ0n) is 15.8. The molecule has 1 saturated heterocycles. The van der Waals surface area contributed by atoms with Crippen LogP contribution in [-0.2, 0) is 14.8 Å². The number of para-hydroxylation sites is 1. The number of carbonyl (C=O) groups is 2. The highest BCUT2D eigenvalue weighted by atomic mass is 32.2. The lowest BCUT2D eigenvalue weighted by Gasteiger charge is -2.15. The molecule has 0 amide bonds. The number of fused-ring (bicyclic) bond motifs is 1. The van der Waals surface area contributed by atoms with E-state index in [-0.39, 0.29) is 15.6 Å². The maximum absolute atomic E-state index is 12.8. The molecule has 3 aromatic rings. The average molecular weight is 433 g/mol. The van der Waals surface area contributed by atoms with Gasteiger partial charge in [0, 0.05) is 35.2 Å². The number of nitrogens with one attached hydrogen (secondary N) is 1. The Morgan fingerprint density at radius 2 is 1.90 bits per heavy atom. The monoisotopic (exact) mass is 432 g/mol. The fourth-order valence-electron chi connectivity index (χ4n) is 3.62. The normalized spacial score (nSPS) is 15.1. The highest BCUT2D eigenvalue weighted by molar-refractivity contribution is 7.89. The van der Waals surface area contributed by atoms with E-state index >= 15 is 0 Å². The van der Waals surface area contributed by atoms with Gasteiger partial charge in [0.2, 0.25) is 15.8 Å². The molecule has 9 heteroatoms. The Hall–Kier alpha value is -2.49. The second kappa shape index (κ2) is 7.74. The van der Waals surface area contributed by atoms with Crippen molar-refractivity contribution >= 4 is 44.0 Å². The number of esters is 1. The minimum Gasteiger partial charge on any atom is -0.453 e. The average Bonchev–Trinajstić information content (AvgIpc) is 3.44. The lowest BCUT2D eigenvalue weighted by molar-refractivity contribution is 0.0476. The second-order valence-electron chi connectivity index (χ2n) is 6.90. The molecule has 0 radical (unpaired) electrons. The van der Waals surface area contributed by atoms with Gasteiger partial charge in [-0.3, -0.25) is 4.79 Å². The van der Waals surface area contributed by atoms with Gasteiger partial charge in [0.05, 0.1) is 0 Å². The number of benzene rings is 1. The van der Waals surface area contributed by atoms with Gasteiger partial charge in [-0.15, -0.1) is 11.3 Å². The molecular formula is C20H20N2O5S2. The number of ketones is 1. The Labute approximate surface area is 172 Å². The molecule has 1 aliphatic heterocycles. The Kier molecular flexibility index (Phi) is 5.28. The van der Waals surface area contributed by atoms with Crippen LogP contribution in [0.4, 0.5) is 0 Å². The van der Waals surface area contributed by atoms with Gasteiger partial charge in [-0.25, -0.2) is 13.2 Å². The molecule has 1 N–H and O–H groups in total. The van der Waals surface area contributed by atoms with Crippen molar-refractivity contribution in [3.8, 4) is 0 Å². The van der Waals surface area contributed by atoms with Crippen LogP contribution in [0.25, 0.3) is 10.9 Å². The van der Waals surface area contributed by atoms with Gasteiger partial charge in [0.25, 0.3) is 0 Å². The Morgan fingerprint density at radius 3 is 2.66 bits per heavy atom. The summed E-state index contributed by atoms with van der Waals surface area (Å²) in [7, 11) is -3.74. The summed E-state index contributed by atoms with van der Waals surface area (Å²) >= 11 is 1.00. The Balaban J connectivity index is 1.52. The fourth-order valence-corrected chi connectivity index (χ4v) is 6.42. The quantitative estimate of drug-likeness (QED) is 0.476. The number of nitrogens with zero attached hydrogens (tertiary/aromatic N) is 1. The number of Topliss-reactive ketones (excluding diaryl/α,β-unsaturated/α-hetero) is 1. The zero-order valence-corrected chi connectivity index (χ0v) is 17.4. The van der Waals surface area contributed by atoms with Gasteiger partial charge in [-0.05, 0) is 37.3 Å². The minimum absolute atomic E-state index is 0.000323. The van der Waals surface area contributed by atoms with Crippen molar-refractivity contribution in [2.45, 2.75) is 24.7 Å². The number of ether oxygens (including phenoxy) is 1. The Bertz CT molecular complexity index is 1190. The molecule has 0 spiro atoms. The topological polar surface area (TPSA) is 96.5 Å². The molecule has 0 aliphatic carbocycles. The van der Waals surface area contributed by atoms with E-state index in [1.54, 1.807) is 12.3 Å². The number of aromatic nitrogens is 1. The molecule has 3 heterocycles. The van der Waals surface area contributed by atoms with Crippen LogP contribution in [0, 0.1) is 6.92 Å². The number of rotatable bonds is 6. The summed E-state index contributed by atoms with van der Waals surface area (Å²) < 4.78 is 32.2. The van der Waals surface area contributed by atoms with Crippen LogP contribution in [0.1, 0.15) is 38.6 Å². The van der Waals surface area contributed by atoms with Crippen LogP contribution in [0.3, 0.4) is 0 Å². The number of thiophene rings is 1. The third-order valence-electron chi connectivity index (χ3n) is 5.00. The molecule has 0 bridgehead atoms. The maximum Gasteiger partial charge on any atom is 0.350 e. The molecule has 1 fully saturated rings. The number of aryl methyl sites for hydroxylation is 1. The van der Waals surface area contributed by atoms with Crippen molar-refractivity contribution in [3.05, 3.63) is 51.8 Å². The molecule has 2 aromatic heterocycles. The van der Waals surface area contributed by atoms with E-state index in [1.807, 2.05) is 24.3 Å². The second-order valence-corrected chi connectivity index (χ2v) is 9.72. The van der Waals surface area contributed by atoms with E-state index in [0.29, 0.717) is 24.3 Å². The molecular weight excluding hydrogens is 412 g/mol. The molecule has 0 atom stereocenters. The molecule has 1 aliphatic rings. The lowest BCUT2D eigenvalue weighted by Crippen LogP contribution is -2.29. The number of aromatic amines is 1. The first-order chi connectivity index (χ1) is 13.9. The summed E-state index contributed by atoms with van der Waals surface area (Å²) in [5.41, 5.74) is 2.00. The predicted molar refractivity (Wildman–Crippen MR) is 110 cm³/mol. The Morgan fingerprint density at radius 1 is 1.17 bits per heavy atom. The lowest BCUT2D eigenvalue weighted by atomic mass is 10.1. The summed E-state index contributed by atoms with van der Waals surface area (Å²) in [4.78, 5) is 28.3. The largest absolute Gasteiger partial charge is 0.453 e. The fraction of sp³-hybridized carbons (Fsp3) is 0.300. The molecule has 29 heavy (non-hydrogen) atoms. The molecule has 0 unspecified atom stereocenters. The summed E-state index contributed by atoms with van der Waals surface area (Å²) in [6, 6.07) is 8.81. The van der Waals surface area contributed by atoms with Crippen molar-refractivity contribution in [2.24, 2.45) is 0 Å². The first-order valence-electron chi connectivity index (χ1n) is 9.25. The first-order valence-corrected chi connectivity index (χ1v) is 11.6. The number of sulfonamides is 1. The number of H-pyrrole nitrogens is 1. The standard InChI is InChI=1S/C20H20N2O5S2/c1-13-18(14-6-2-3-7-15(14)21-13)16(23)12-27-20(24)19-17(8-11-28-19)29(25,26)22-9-4-5-10-22/h2-3,6-8,11,21H,4-5,9-10,12H2,1H3. The van der Waals surface area contributed by atoms with Crippen LogP contribution in [0.2, 0.25) is 0 Å².